The highest BCUT2D eigenvalue weighted by molar-refractivity contribution is 7.71. The van der Waals surface area contributed by atoms with Crippen molar-refractivity contribution >= 4 is 12.2 Å². The quantitative estimate of drug-likeness (QED) is 0.403. The van der Waals surface area contributed by atoms with E-state index in [1.165, 1.54) is 7.11 Å². The minimum atomic E-state index is -0.126. The molecule has 1 heterocycles. The molecule has 1 rings (SSSR count). The van der Waals surface area contributed by atoms with E-state index in [0.717, 1.165) is 0 Å². The molecule has 0 unspecified atom stereocenters. The van der Waals surface area contributed by atoms with Crippen molar-refractivity contribution in [1.29, 1.82) is 0 Å². The van der Waals surface area contributed by atoms with Gasteiger partial charge in [0.1, 0.15) is 0 Å². The van der Waals surface area contributed by atoms with Gasteiger partial charge in [0, 0.05) is 11.8 Å². The molecule has 0 aliphatic carbocycles. The van der Waals surface area contributed by atoms with Crippen molar-refractivity contribution in [2.24, 2.45) is 5.90 Å². The monoisotopic (exact) mass is 189 g/mol. The summed E-state index contributed by atoms with van der Waals surface area (Å²) in [5.41, 5.74) is 0.516. The Kier molecular flexibility index (Phi) is 5.18. The van der Waals surface area contributed by atoms with Gasteiger partial charge < -0.3 is 9.82 Å². The maximum absolute atomic E-state index is 10.7. The molecule has 0 spiro atoms. The van der Waals surface area contributed by atoms with E-state index in [2.05, 4.69) is 32.9 Å². The van der Waals surface area contributed by atoms with Crippen LogP contribution in [0.3, 0.4) is 0 Å². The van der Waals surface area contributed by atoms with E-state index in [4.69, 9.17) is 0 Å². The fourth-order valence-electron chi connectivity index (χ4n) is 0.477. The van der Waals surface area contributed by atoms with Crippen LogP contribution in [-0.4, -0.2) is 17.1 Å². The van der Waals surface area contributed by atoms with Crippen molar-refractivity contribution in [3.05, 3.63) is 26.9 Å². The largest absolute Gasteiger partial charge is 0.338 e. The van der Waals surface area contributed by atoms with E-state index in [-0.39, 0.29) is 5.56 Å². The molecule has 12 heavy (non-hydrogen) atoms. The number of aromatic nitrogens is 2. The van der Waals surface area contributed by atoms with Crippen LogP contribution in [0.4, 0.5) is 0 Å². The van der Waals surface area contributed by atoms with Gasteiger partial charge in [0.05, 0.1) is 7.11 Å². The molecular formula is C6H11N3O2S. The van der Waals surface area contributed by atoms with Gasteiger partial charge in [0.15, 0.2) is 4.77 Å². The number of rotatable bonds is 0. The standard InChI is InChI=1S/C5H6N2OS.CH5NO/c1-3-2-6-5(9)7-4(3)8;1-3-2/h2H,1H3,(H2,6,7,8,9);2H2,1H3. The third kappa shape index (κ3) is 4.02. The predicted octanol–water partition coefficient (Wildman–Crippen LogP) is 0.247. The average molecular weight is 189 g/mol. The Morgan fingerprint density at radius 2 is 2.17 bits per heavy atom. The van der Waals surface area contributed by atoms with Crippen LogP contribution >= 0.6 is 12.2 Å². The van der Waals surface area contributed by atoms with Gasteiger partial charge in [0.2, 0.25) is 0 Å². The lowest BCUT2D eigenvalue weighted by molar-refractivity contribution is 0.206. The molecule has 6 heteroatoms. The van der Waals surface area contributed by atoms with Crippen LogP contribution in [-0.2, 0) is 4.84 Å². The summed E-state index contributed by atoms with van der Waals surface area (Å²) in [4.78, 5) is 19.6. The number of aromatic amines is 2. The third-order valence-corrected chi connectivity index (χ3v) is 1.22. The van der Waals surface area contributed by atoms with Gasteiger partial charge in [-0.25, -0.2) is 5.90 Å². The number of nitrogens with two attached hydrogens (primary N) is 1. The fourth-order valence-corrected chi connectivity index (χ4v) is 0.629. The summed E-state index contributed by atoms with van der Waals surface area (Å²) < 4.78 is 0.366. The zero-order valence-corrected chi connectivity index (χ0v) is 7.70. The molecule has 5 nitrogen and oxygen atoms in total. The lowest BCUT2D eigenvalue weighted by Gasteiger charge is -1.86. The molecule has 0 radical (unpaired) electrons. The molecule has 4 N–H and O–H groups in total. The summed E-state index contributed by atoms with van der Waals surface area (Å²) in [7, 11) is 1.40. The van der Waals surface area contributed by atoms with Crippen molar-refractivity contribution in [2.45, 2.75) is 6.92 Å². The van der Waals surface area contributed by atoms with Crippen molar-refractivity contribution < 1.29 is 4.84 Å². The Morgan fingerprint density at radius 3 is 2.50 bits per heavy atom. The maximum atomic E-state index is 10.7. The Hall–Kier alpha value is -0.980. The van der Waals surface area contributed by atoms with Gasteiger partial charge in [-0.15, -0.1) is 0 Å². The molecule has 0 aromatic carbocycles. The highest BCUT2D eigenvalue weighted by atomic mass is 32.1. The van der Waals surface area contributed by atoms with Crippen LogP contribution < -0.4 is 11.5 Å². The van der Waals surface area contributed by atoms with E-state index in [1.807, 2.05) is 0 Å². The SMILES string of the molecule is CON.Cc1c[nH]c(=S)[nH]c1=O. The van der Waals surface area contributed by atoms with Crippen LogP contribution in [0.25, 0.3) is 0 Å². The number of nitrogens with one attached hydrogen (secondary N) is 2. The van der Waals surface area contributed by atoms with Gasteiger partial charge in [-0.2, -0.15) is 0 Å². The van der Waals surface area contributed by atoms with Crippen LogP contribution in [0.2, 0.25) is 0 Å². The fraction of sp³-hybridized carbons (Fsp3) is 0.333. The summed E-state index contributed by atoms with van der Waals surface area (Å²) in [6.07, 6.45) is 1.58. The number of aryl methyl sites for hydroxylation is 1. The van der Waals surface area contributed by atoms with Gasteiger partial charge in [-0.3, -0.25) is 9.78 Å². The van der Waals surface area contributed by atoms with Gasteiger partial charge in [-0.1, -0.05) is 0 Å². The van der Waals surface area contributed by atoms with E-state index in [0.29, 0.717) is 10.3 Å². The molecule has 0 aliphatic rings. The molecule has 0 bridgehead atoms. The first-order chi connectivity index (χ1) is 5.61. The molecule has 0 fully saturated rings. The van der Waals surface area contributed by atoms with E-state index < -0.39 is 0 Å². The summed E-state index contributed by atoms with van der Waals surface area (Å²) in [6, 6.07) is 0. The minimum Gasteiger partial charge on any atom is -0.338 e. The van der Waals surface area contributed by atoms with Crippen LogP contribution in [0.1, 0.15) is 5.56 Å². The molecule has 68 valence electrons. The van der Waals surface area contributed by atoms with Crippen molar-refractivity contribution in [1.82, 2.24) is 9.97 Å². The van der Waals surface area contributed by atoms with Gasteiger partial charge >= 0.3 is 0 Å². The third-order valence-electron chi connectivity index (χ3n) is 1.00. The number of hydrogen-bond acceptors (Lipinski definition) is 4. The first-order valence-electron chi connectivity index (χ1n) is 3.13. The topological polar surface area (TPSA) is 83.9 Å². The Bertz CT molecular complexity index is 330. The Morgan fingerprint density at radius 1 is 1.67 bits per heavy atom. The van der Waals surface area contributed by atoms with Crippen molar-refractivity contribution in [3.63, 3.8) is 0 Å². The smallest absolute Gasteiger partial charge is 0.254 e. The Labute approximate surface area is 74.5 Å². The second-order valence-electron chi connectivity index (χ2n) is 1.99. The molecule has 0 atom stereocenters. The molecule has 0 aliphatic heterocycles. The van der Waals surface area contributed by atoms with Gasteiger partial charge in [0.25, 0.3) is 5.56 Å². The molecular weight excluding hydrogens is 178 g/mol. The first kappa shape index (κ1) is 11.0. The summed E-state index contributed by atoms with van der Waals surface area (Å²) in [5.74, 6) is 4.35. The van der Waals surface area contributed by atoms with Crippen LogP contribution in [0, 0.1) is 11.7 Å². The summed E-state index contributed by atoms with van der Waals surface area (Å²) in [5, 5.41) is 0. The Balaban J connectivity index is 0.000000354. The zero-order valence-electron chi connectivity index (χ0n) is 6.88. The summed E-state index contributed by atoms with van der Waals surface area (Å²) in [6.45, 7) is 1.71. The van der Waals surface area contributed by atoms with Crippen molar-refractivity contribution in [3.8, 4) is 0 Å². The maximum Gasteiger partial charge on any atom is 0.254 e. The average Bonchev–Trinajstić information content (AvgIpc) is 1.99. The molecule has 1 aromatic heterocycles. The molecule has 0 saturated carbocycles. The van der Waals surface area contributed by atoms with E-state index in [1.54, 1.807) is 13.1 Å². The van der Waals surface area contributed by atoms with E-state index in [9.17, 15) is 4.79 Å². The van der Waals surface area contributed by atoms with E-state index >= 15 is 0 Å². The lowest BCUT2D eigenvalue weighted by Crippen LogP contribution is -2.09. The minimum absolute atomic E-state index is 0.126. The number of H-pyrrole nitrogens is 2. The van der Waals surface area contributed by atoms with Crippen LogP contribution in [0.5, 0.6) is 0 Å². The van der Waals surface area contributed by atoms with Crippen LogP contribution in [0.15, 0.2) is 11.0 Å². The first-order valence-corrected chi connectivity index (χ1v) is 3.54. The highest BCUT2D eigenvalue weighted by Crippen LogP contribution is 1.79. The molecule has 1 aromatic rings. The highest BCUT2D eigenvalue weighted by Gasteiger charge is 1.86. The predicted molar refractivity (Wildman–Crippen MR) is 48.2 cm³/mol. The normalized spacial score (nSPS) is 8.58. The van der Waals surface area contributed by atoms with Crippen molar-refractivity contribution in [2.75, 3.05) is 7.11 Å². The summed E-state index contributed by atoms with van der Waals surface area (Å²) >= 11 is 4.65. The zero-order chi connectivity index (χ0) is 9.56. The number of hydrogen-bond donors (Lipinski definition) is 3. The molecule has 0 amide bonds. The lowest BCUT2D eigenvalue weighted by atomic mass is 10.4. The molecule has 0 saturated heterocycles. The van der Waals surface area contributed by atoms with Gasteiger partial charge in [-0.05, 0) is 19.1 Å². The second kappa shape index (κ2) is 5.64. The second-order valence-corrected chi connectivity index (χ2v) is 2.40.